The highest BCUT2D eigenvalue weighted by atomic mass is 32.2. The fourth-order valence-corrected chi connectivity index (χ4v) is 4.38. The number of aromatic nitrogens is 3. The van der Waals surface area contributed by atoms with Gasteiger partial charge in [0.1, 0.15) is 12.1 Å². The van der Waals surface area contributed by atoms with Crippen LogP contribution in [0.15, 0.2) is 96.3 Å². The van der Waals surface area contributed by atoms with Gasteiger partial charge in [0.05, 0.1) is 27.2 Å². The van der Waals surface area contributed by atoms with Crippen molar-refractivity contribution in [2.45, 2.75) is 24.2 Å². The second kappa shape index (κ2) is 11.7. The van der Waals surface area contributed by atoms with Gasteiger partial charge < -0.3 is 5.32 Å². The highest BCUT2D eigenvalue weighted by Crippen LogP contribution is 2.36. The van der Waals surface area contributed by atoms with E-state index in [1.807, 2.05) is 0 Å². The van der Waals surface area contributed by atoms with Gasteiger partial charge in [-0.2, -0.15) is 34.8 Å². The monoisotopic (exact) mass is 606 g/mol. The Balaban J connectivity index is 0.000000343. The van der Waals surface area contributed by atoms with E-state index in [1.165, 1.54) is 48.8 Å². The number of fused-ring (bicyclic) bond motifs is 1. The summed E-state index contributed by atoms with van der Waals surface area (Å²) in [6, 6.07) is 17.2. The standard InChI is InChI=1S/C22H14F6N4.C6H6O3S/c1-12-19(13-2-7-16-17(22(26,27)28)8-9-29-18(16)10-13)30-11-31-20(12)32-15-5-3-14(4-6-15)21(23,24)25;7-10(8,9)6-4-2-1-3-5-6/h2-11H,1H3,(H,30,31,32);1-5H,(H,7,8,9). The van der Waals surface area contributed by atoms with Gasteiger partial charge in [0.2, 0.25) is 0 Å². The van der Waals surface area contributed by atoms with Crippen molar-refractivity contribution in [1.82, 2.24) is 15.0 Å². The fourth-order valence-electron chi connectivity index (χ4n) is 3.88. The first-order chi connectivity index (χ1) is 19.6. The lowest BCUT2D eigenvalue weighted by Gasteiger charge is -2.14. The molecule has 7 nitrogen and oxygen atoms in total. The Bertz CT molecular complexity index is 1810. The molecule has 0 aliphatic carbocycles. The SMILES string of the molecule is Cc1c(Nc2ccc(C(F)(F)F)cc2)ncnc1-c1ccc2c(C(F)(F)F)ccnc2c1.O=S(=O)(O)c1ccccc1. The van der Waals surface area contributed by atoms with Gasteiger partial charge in [-0.15, -0.1) is 0 Å². The minimum atomic E-state index is -4.51. The molecule has 3 aromatic carbocycles. The number of benzene rings is 3. The number of nitrogens with zero attached hydrogens (tertiary/aromatic N) is 3. The summed E-state index contributed by atoms with van der Waals surface area (Å²) in [7, 11) is -4.00. The van der Waals surface area contributed by atoms with Crippen LogP contribution in [0.5, 0.6) is 0 Å². The van der Waals surface area contributed by atoms with Crippen LogP contribution in [0, 0.1) is 6.92 Å². The maximum absolute atomic E-state index is 13.2. The van der Waals surface area contributed by atoms with Gasteiger partial charge in [-0.25, -0.2) is 9.97 Å². The summed E-state index contributed by atoms with van der Waals surface area (Å²) in [6.07, 6.45) is -6.59. The maximum Gasteiger partial charge on any atom is 0.417 e. The summed E-state index contributed by atoms with van der Waals surface area (Å²) in [4.78, 5) is 12.3. The predicted molar refractivity (Wildman–Crippen MR) is 143 cm³/mol. The Hall–Kier alpha value is -4.56. The average molecular weight is 607 g/mol. The lowest BCUT2D eigenvalue weighted by atomic mass is 10.0. The van der Waals surface area contributed by atoms with E-state index in [0.29, 0.717) is 28.3 Å². The molecule has 0 unspecified atom stereocenters. The molecule has 0 fully saturated rings. The lowest BCUT2D eigenvalue weighted by Crippen LogP contribution is -2.06. The van der Waals surface area contributed by atoms with Gasteiger partial charge in [-0.3, -0.25) is 9.54 Å². The van der Waals surface area contributed by atoms with Crippen LogP contribution >= 0.6 is 0 Å². The van der Waals surface area contributed by atoms with Crippen molar-refractivity contribution < 1.29 is 39.3 Å². The molecule has 2 heterocycles. The van der Waals surface area contributed by atoms with Crippen molar-refractivity contribution >= 4 is 32.5 Å². The Morgan fingerprint density at radius 2 is 1.45 bits per heavy atom. The van der Waals surface area contributed by atoms with Crippen LogP contribution in [0.4, 0.5) is 37.8 Å². The van der Waals surface area contributed by atoms with Crippen molar-refractivity contribution in [2.75, 3.05) is 5.32 Å². The zero-order valence-electron chi connectivity index (χ0n) is 21.4. The molecule has 0 bridgehead atoms. The first-order valence-electron chi connectivity index (χ1n) is 11.9. The summed E-state index contributed by atoms with van der Waals surface area (Å²) in [6.45, 7) is 1.70. The third-order valence-corrected chi connectivity index (χ3v) is 6.79. The van der Waals surface area contributed by atoms with Gasteiger partial charge in [0.25, 0.3) is 10.1 Å². The molecule has 0 aliphatic rings. The normalized spacial score (nSPS) is 12.0. The Kier molecular flexibility index (Phi) is 8.50. The molecule has 0 spiro atoms. The van der Waals surface area contributed by atoms with E-state index in [1.54, 1.807) is 25.1 Å². The second-order valence-corrected chi connectivity index (χ2v) is 10.2. The quantitative estimate of drug-likeness (QED) is 0.159. The molecule has 5 aromatic rings. The Morgan fingerprint density at radius 3 is 2.02 bits per heavy atom. The van der Waals surface area contributed by atoms with Crippen LogP contribution in [0.1, 0.15) is 16.7 Å². The van der Waals surface area contributed by atoms with Gasteiger partial charge >= 0.3 is 12.4 Å². The van der Waals surface area contributed by atoms with Crippen LogP contribution in [0.3, 0.4) is 0 Å². The Morgan fingerprint density at radius 1 is 0.786 bits per heavy atom. The van der Waals surface area contributed by atoms with Crippen molar-refractivity contribution in [2.24, 2.45) is 0 Å². The number of hydrogen-bond acceptors (Lipinski definition) is 6. The lowest BCUT2D eigenvalue weighted by molar-refractivity contribution is -0.138. The van der Waals surface area contributed by atoms with Crippen LogP contribution in [0.25, 0.3) is 22.2 Å². The summed E-state index contributed by atoms with van der Waals surface area (Å²) < 4.78 is 107. The van der Waals surface area contributed by atoms with Crippen molar-refractivity contribution in [3.05, 3.63) is 108 Å². The second-order valence-electron chi connectivity index (χ2n) is 8.77. The molecular weight excluding hydrogens is 586 g/mol. The minimum absolute atomic E-state index is 0.0291. The Labute approximate surface area is 235 Å². The van der Waals surface area contributed by atoms with Crippen LogP contribution < -0.4 is 5.32 Å². The van der Waals surface area contributed by atoms with E-state index < -0.39 is 33.6 Å². The molecule has 0 saturated heterocycles. The van der Waals surface area contributed by atoms with Crippen LogP contribution in [-0.4, -0.2) is 27.9 Å². The first kappa shape index (κ1) is 30.4. The van der Waals surface area contributed by atoms with Crippen molar-refractivity contribution in [3.63, 3.8) is 0 Å². The topological polar surface area (TPSA) is 105 Å². The number of hydrogen-bond donors (Lipinski definition) is 2. The van der Waals surface area contributed by atoms with Gasteiger partial charge in [0.15, 0.2) is 0 Å². The molecule has 0 saturated carbocycles. The highest BCUT2D eigenvalue weighted by molar-refractivity contribution is 7.85. The summed E-state index contributed by atoms with van der Waals surface area (Å²) in [5.41, 5.74) is 0.547. The average Bonchev–Trinajstić information content (AvgIpc) is 2.93. The zero-order valence-corrected chi connectivity index (χ0v) is 22.3. The molecular formula is C28H20F6N4O3S. The molecule has 2 aromatic heterocycles. The highest BCUT2D eigenvalue weighted by Gasteiger charge is 2.33. The molecule has 0 radical (unpaired) electrons. The summed E-state index contributed by atoms with van der Waals surface area (Å²) in [5, 5.41) is 2.92. The third-order valence-electron chi connectivity index (χ3n) is 5.92. The smallest absolute Gasteiger partial charge is 0.340 e. The van der Waals surface area contributed by atoms with Crippen LogP contribution in [0.2, 0.25) is 0 Å². The molecule has 5 rings (SSSR count). The number of anilines is 2. The number of halogens is 6. The fraction of sp³-hybridized carbons (Fsp3) is 0.107. The largest absolute Gasteiger partial charge is 0.417 e. The predicted octanol–water partition coefficient (Wildman–Crippen LogP) is 7.71. The van der Waals surface area contributed by atoms with Crippen molar-refractivity contribution in [1.29, 1.82) is 0 Å². The molecule has 0 atom stereocenters. The third kappa shape index (κ3) is 7.19. The summed E-state index contributed by atoms with van der Waals surface area (Å²) in [5.74, 6) is 0.354. The van der Waals surface area contributed by atoms with Crippen molar-refractivity contribution in [3.8, 4) is 11.3 Å². The van der Waals surface area contributed by atoms with Gasteiger partial charge in [-0.1, -0.05) is 30.3 Å². The first-order valence-corrected chi connectivity index (χ1v) is 13.3. The number of nitrogens with one attached hydrogen (secondary N) is 1. The molecule has 2 N–H and O–H groups in total. The zero-order chi connectivity index (χ0) is 30.7. The van der Waals surface area contributed by atoms with E-state index in [9.17, 15) is 34.8 Å². The number of rotatable bonds is 4. The minimum Gasteiger partial charge on any atom is -0.340 e. The molecule has 0 aliphatic heterocycles. The maximum atomic E-state index is 13.2. The van der Waals surface area contributed by atoms with Gasteiger partial charge in [0, 0.05) is 28.4 Å². The number of alkyl halides is 6. The van der Waals surface area contributed by atoms with Gasteiger partial charge in [-0.05, 0) is 55.5 Å². The molecule has 14 heteroatoms. The van der Waals surface area contributed by atoms with E-state index in [2.05, 4.69) is 20.3 Å². The number of pyridine rings is 1. The van der Waals surface area contributed by atoms with E-state index >= 15 is 0 Å². The molecule has 0 amide bonds. The van der Waals surface area contributed by atoms with E-state index in [-0.39, 0.29) is 15.8 Å². The van der Waals surface area contributed by atoms with E-state index in [0.717, 1.165) is 24.4 Å². The van der Waals surface area contributed by atoms with E-state index in [4.69, 9.17) is 4.55 Å². The molecule has 218 valence electrons. The summed E-state index contributed by atoms with van der Waals surface area (Å²) >= 11 is 0. The molecule has 42 heavy (non-hydrogen) atoms. The van der Waals surface area contributed by atoms with Crippen LogP contribution in [-0.2, 0) is 22.5 Å².